The first kappa shape index (κ1) is 16.2. The Morgan fingerprint density at radius 1 is 1.30 bits per heavy atom. The van der Waals surface area contributed by atoms with Crippen LogP contribution in [0.5, 0.6) is 0 Å². The molecule has 0 saturated heterocycles. The topological polar surface area (TPSA) is 46.5 Å². The molecule has 0 radical (unpaired) electrons. The Balaban J connectivity index is 1.88. The van der Waals surface area contributed by atoms with Gasteiger partial charge < -0.3 is 9.68 Å². The summed E-state index contributed by atoms with van der Waals surface area (Å²) in [6.07, 6.45) is 0.0255. The molecule has 6 heteroatoms. The van der Waals surface area contributed by atoms with Gasteiger partial charge in [-0.25, -0.2) is 4.39 Å². The molecule has 2 aromatic rings. The third-order valence-corrected chi connectivity index (χ3v) is 4.27. The minimum atomic E-state index is -1.02. The highest BCUT2D eigenvalue weighted by atomic mass is 35.5. The molecule has 0 atom stereocenters. The van der Waals surface area contributed by atoms with E-state index in [0.717, 1.165) is 5.56 Å². The van der Waals surface area contributed by atoms with Crippen LogP contribution in [0.2, 0.25) is 5.02 Å². The van der Waals surface area contributed by atoms with Crippen molar-refractivity contribution < 1.29 is 18.9 Å². The van der Waals surface area contributed by atoms with E-state index in [1.165, 1.54) is 18.2 Å². The number of fused-ring (bicyclic) bond motifs is 1. The normalized spacial score (nSPS) is 15.6. The molecule has 0 bridgehead atoms. The van der Waals surface area contributed by atoms with Crippen molar-refractivity contribution in [2.75, 3.05) is 0 Å². The fraction of sp³-hybridized carbons (Fsp3) is 0.235. The molecule has 1 aliphatic heterocycles. The van der Waals surface area contributed by atoms with Gasteiger partial charge in [0.1, 0.15) is 5.82 Å². The van der Waals surface area contributed by atoms with Gasteiger partial charge in [0.25, 0.3) is 0 Å². The summed E-state index contributed by atoms with van der Waals surface area (Å²) >= 11 is 5.82. The van der Waals surface area contributed by atoms with E-state index in [1.54, 1.807) is 12.1 Å². The number of hydrogen-bond acceptors (Lipinski definition) is 3. The second-order valence-corrected chi connectivity index (χ2v) is 6.56. The van der Waals surface area contributed by atoms with Gasteiger partial charge in [0.2, 0.25) is 0 Å². The van der Waals surface area contributed by atoms with Gasteiger partial charge in [-0.15, -0.1) is 0 Å². The average Bonchev–Trinajstić information content (AvgIpc) is 2.71. The molecular weight excluding hydrogens is 317 g/mol. The monoisotopic (exact) mass is 332 g/mol. The molecule has 23 heavy (non-hydrogen) atoms. The van der Waals surface area contributed by atoms with Crippen molar-refractivity contribution in [2.24, 2.45) is 0 Å². The number of ketones is 1. The van der Waals surface area contributed by atoms with Crippen molar-refractivity contribution in [1.29, 1.82) is 0 Å². The smallest absolute Gasteiger partial charge is 0.423 e. The number of halogens is 2. The van der Waals surface area contributed by atoms with E-state index in [9.17, 15) is 14.2 Å². The maximum Gasteiger partial charge on any atom is 0.492 e. The number of benzene rings is 2. The first-order chi connectivity index (χ1) is 10.8. The Morgan fingerprint density at radius 2 is 2.04 bits per heavy atom. The molecule has 0 amide bonds. The second kappa shape index (κ2) is 5.75. The van der Waals surface area contributed by atoms with Crippen molar-refractivity contribution in [3.8, 4) is 0 Å². The maximum absolute atomic E-state index is 13.8. The SMILES string of the molecule is CC1(C)OB(O)c2cc(CC(=O)c3cc(Cl)ccc3F)ccc21. The zero-order valence-electron chi connectivity index (χ0n) is 12.8. The second-order valence-electron chi connectivity index (χ2n) is 6.13. The number of rotatable bonds is 3. The lowest BCUT2D eigenvalue weighted by Crippen LogP contribution is -2.29. The lowest BCUT2D eigenvalue weighted by molar-refractivity contribution is 0.0987. The molecule has 1 aliphatic rings. The minimum Gasteiger partial charge on any atom is -0.423 e. The lowest BCUT2D eigenvalue weighted by Gasteiger charge is -2.19. The van der Waals surface area contributed by atoms with Gasteiger partial charge >= 0.3 is 7.12 Å². The molecule has 3 rings (SSSR count). The van der Waals surface area contributed by atoms with Crippen molar-refractivity contribution in [2.45, 2.75) is 25.9 Å². The summed E-state index contributed by atoms with van der Waals surface area (Å²) in [5.74, 6) is -0.956. The number of carbonyl (C=O) groups excluding carboxylic acids is 1. The summed E-state index contributed by atoms with van der Waals surface area (Å²) in [5, 5.41) is 10.3. The molecule has 0 fully saturated rings. The van der Waals surface area contributed by atoms with Crippen molar-refractivity contribution in [3.05, 3.63) is 63.9 Å². The molecule has 1 heterocycles. The van der Waals surface area contributed by atoms with Gasteiger partial charge in [-0.05, 0) is 48.6 Å². The summed E-state index contributed by atoms with van der Waals surface area (Å²) in [7, 11) is -1.02. The van der Waals surface area contributed by atoms with Crippen LogP contribution in [0.1, 0.15) is 35.3 Å². The molecule has 0 aromatic heterocycles. The van der Waals surface area contributed by atoms with Crippen molar-refractivity contribution in [1.82, 2.24) is 0 Å². The van der Waals surface area contributed by atoms with E-state index in [0.29, 0.717) is 16.0 Å². The molecular formula is C17H15BClFO3. The van der Waals surface area contributed by atoms with E-state index in [4.69, 9.17) is 16.3 Å². The Bertz CT molecular complexity index is 791. The molecule has 0 unspecified atom stereocenters. The zero-order chi connectivity index (χ0) is 16.8. The van der Waals surface area contributed by atoms with Crippen molar-refractivity contribution in [3.63, 3.8) is 0 Å². The Kier molecular flexibility index (Phi) is 4.04. The van der Waals surface area contributed by atoms with Gasteiger partial charge in [0.15, 0.2) is 5.78 Å². The summed E-state index contributed by atoms with van der Waals surface area (Å²) < 4.78 is 19.3. The molecule has 2 aromatic carbocycles. The molecule has 3 nitrogen and oxygen atoms in total. The summed E-state index contributed by atoms with van der Waals surface area (Å²) in [5.41, 5.74) is 1.61. The van der Waals surface area contributed by atoms with Crippen LogP contribution in [0.4, 0.5) is 4.39 Å². The predicted octanol–water partition coefficient (Wildman–Crippen LogP) is 2.86. The first-order valence-electron chi connectivity index (χ1n) is 7.25. The van der Waals surface area contributed by atoms with Crippen LogP contribution in [0.15, 0.2) is 36.4 Å². The van der Waals surface area contributed by atoms with Crippen molar-refractivity contribution >= 4 is 30.0 Å². The average molecular weight is 333 g/mol. The molecule has 0 aliphatic carbocycles. The minimum absolute atomic E-state index is 0.0255. The summed E-state index contributed by atoms with van der Waals surface area (Å²) in [4.78, 5) is 12.3. The number of Topliss-reactive ketones (excluding diaryl/α,β-unsaturated/α-hetero) is 1. The third kappa shape index (κ3) is 3.04. The quantitative estimate of drug-likeness (QED) is 0.694. The van der Waals surface area contributed by atoms with Gasteiger partial charge in [-0.1, -0.05) is 29.8 Å². The van der Waals surface area contributed by atoms with Crippen LogP contribution in [-0.4, -0.2) is 17.9 Å². The van der Waals surface area contributed by atoms with E-state index in [-0.39, 0.29) is 17.8 Å². The molecule has 1 N–H and O–H groups in total. The Labute approximate surface area is 139 Å². The van der Waals surface area contributed by atoms with Gasteiger partial charge in [0.05, 0.1) is 11.2 Å². The van der Waals surface area contributed by atoms with Crippen LogP contribution in [0, 0.1) is 5.82 Å². The lowest BCUT2D eigenvalue weighted by atomic mass is 9.77. The first-order valence-corrected chi connectivity index (χ1v) is 7.63. The highest BCUT2D eigenvalue weighted by Crippen LogP contribution is 2.30. The fourth-order valence-corrected chi connectivity index (χ4v) is 3.04. The van der Waals surface area contributed by atoms with Crippen LogP contribution >= 0.6 is 11.6 Å². The number of carbonyl (C=O) groups is 1. The van der Waals surface area contributed by atoms with Crippen LogP contribution in [0.3, 0.4) is 0 Å². The van der Waals surface area contributed by atoms with Gasteiger partial charge in [-0.2, -0.15) is 0 Å². The molecule has 0 saturated carbocycles. The van der Waals surface area contributed by atoms with E-state index in [2.05, 4.69) is 0 Å². The Hall–Kier alpha value is -1.69. The van der Waals surface area contributed by atoms with E-state index < -0.39 is 18.5 Å². The summed E-state index contributed by atoms with van der Waals surface area (Å²) in [6, 6.07) is 9.27. The fourth-order valence-electron chi connectivity index (χ4n) is 2.87. The summed E-state index contributed by atoms with van der Waals surface area (Å²) in [6.45, 7) is 3.74. The van der Waals surface area contributed by atoms with Crippen LogP contribution in [0.25, 0.3) is 0 Å². The van der Waals surface area contributed by atoms with Crippen LogP contribution < -0.4 is 5.46 Å². The van der Waals surface area contributed by atoms with Gasteiger partial charge in [-0.3, -0.25) is 4.79 Å². The highest BCUT2D eigenvalue weighted by Gasteiger charge is 2.40. The molecule has 0 spiro atoms. The largest absolute Gasteiger partial charge is 0.492 e. The predicted molar refractivity (Wildman–Crippen MR) is 87.6 cm³/mol. The standard InChI is InChI=1S/C17H15BClFO3/c1-17(2)13-5-3-10(7-14(13)18(22)23-17)8-16(21)12-9-11(19)4-6-15(12)20/h3-7,9,22H,8H2,1-2H3. The third-order valence-electron chi connectivity index (χ3n) is 4.03. The number of hydrogen-bond donors (Lipinski definition) is 1. The molecule has 118 valence electrons. The maximum atomic E-state index is 13.8. The van der Waals surface area contributed by atoms with E-state index >= 15 is 0 Å². The van der Waals surface area contributed by atoms with Gasteiger partial charge in [0, 0.05) is 11.4 Å². The highest BCUT2D eigenvalue weighted by molar-refractivity contribution is 6.62. The van der Waals surface area contributed by atoms with Crippen LogP contribution in [-0.2, 0) is 16.7 Å². The van der Waals surface area contributed by atoms with E-state index in [1.807, 2.05) is 19.9 Å². The zero-order valence-corrected chi connectivity index (χ0v) is 13.5. The Morgan fingerprint density at radius 3 is 2.78 bits per heavy atom.